The van der Waals surface area contributed by atoms with Gasteiger partial charge in [-0.2, -0.15) is 8.42 Å². The van der Waals surface area contributed by atoms with Crippen LogP contribution in [0.3, 0.4) is 0 Å². The molecule has 1 aromatic carbocycles. The van der Waals surface area contributed by atoms with Gasteiger partial charge in [-0.15, -0.1) is 0 Å². The van der Waals surface area contributed by atoms with Crippen molar-refractivity contribution in [2.75, 3.05) is 13.7 Å². The molecule has 0 saturated heterocycles. The average Bonchev–Trinajstić information content (AvgIpc) is 3.34. The van der Waals surface area contributed by atoms with Crippen LogP contribution in [0.1, 0.15) is 48.4 Å². The fourth-order valence-corrected chi connectivity index (χ4v) is 3.69. The van der Waals surface area contributed by atoms with E-state index in [-0.39, 0.29) is 51.5 Å². The van der Waals surface area contributed by atoms with Crippen molar-refractivity contribution in [1.82, 2.24) is 15.6 Å². The number of amides is 1. The van der Waals surface area contributed by atoms with Crippen LogP contribution in [0.5, 0.6) is 11.5 Å². The Morgan fingerprint density at radius 1 is 1.16 bits per heavy atom. The van der Waals surface area contributed by atoms with Gasteiger partial charge in [-0.3, -0.25) is 8.98 Å². The predicted molar refractivity (Wildman–Crippen MR) is 112 cm³/mol. The topological polar surface area (TPSA) is 165 Å². The summed E-state index contributed by atoms with van der Waals surface area (Å²) in [5.41, 5.74) is 0.655. The van der Waals surface area contributed by atoms with Crippen LogP contribution in [0, 0.1) is 0 Å². The molecule has 3 rings (SSSR count). The van der Waals surface area contributed by atoms with E-state index in [1.165, 1.54) is 18.2 Å². The van der Waals surface area contributed by atoms with Crippen molar-refractivity contribution >= 4 is 16.0 Å². The van der Waals surface area contributed by atoms with Crippen molar-refractivity contribution in [3.05, 3.63) is 35.2 Å². The van der Waals surface area contributed by atoms with Gasteiger partial charge in [-0.1, -0.05) is 24.2 Å². The number of hydrogen-bond acceptors (Lipinski definition) is 10. The molecule has 0 aliphatic rings. The lowest BCUT2D eigenvalue weighted by atomic mass is 9.95. The summed E-state index contributed by atoms with van der Waals surface area (Å²) in [6.07, 6.45) is 0. The van der Waals surface area contributed by atoms with E-state index in [9.17, 15) is 23.4 Å². The Hall–Kier alpha value is -3.38. The van der Waals surface area contributed by atoms with E-state index in [0.29, 0.717) is 12.1 Å². The van der Waals surface area contributed by atoms with Gasteiger partial charge in [0.05, 0.1) is 12.7 Å². The zero-order chi connectivity index (χ0) is 23.6. The van der Waals surface area contributed by atoms with Crippen LogP contribution in [0.25, 0.3) is 22.6 Å². The summed E-state index contributed by atoms with van der Waals surface area (Å²) in [7, 11) is -2.83. The van der Waals surface area contributed by atoms with Crippen molar-refractivity contribution in [3.63, 3.8) is 0 Å². The Balaban J connectivity index is 2.20. The zero-order valence-electron chi connectivity index (χ0n) is 17.9. The van der Waals surface area contributed by atoms with Crippen molar-refractivity contribution in [2.45, 2.75) is 32.4 Å². The number of phenols is 2. The number of carbonyl (C=O) groups excluding carboxylic acids is 1. The third-order valence-electron chi connectivity index (χ3n) is 4.64. The molecule has 0 saturated carbocycles. The first-order chi connectivity index (χ1) is 15.1. The van der Waals surface area contributed by atoms with E-state index in [1.54, 1.807) is 6.92 Å². The summed E-state index contributed by atoms with van der Waals surface area (Å²) in [4.78, 5) is 12.6. The van der Waals surface area contributed by atoms with E-state index in [0.717, 1.165) is 7.11 Å². The molecule has 0 bridgehead atoms. The molecule has 11 nitrogen and oxygen atoms in total. The monoisotopic (exact) mass is 465 g/mol. The Morgan fingerprint density at radius 2 is 1.88 bits per heavy atom. The van der Waals surface area contributed by atoms with Gasteiger partial charge in [0, 0.05) is 18.7 Å². The van der Waals surface area contributed by atoms with E-state index in [4.69, 9.17) is 9.05 Å². The lowest BCUT2D eigenvalue weighted by Crippen LogP contribution is -2.23. The molecule has 0 radical (unpaired) electrons. The number of phenolic OH excluding ortho intramolecular Hbond substituents is 2. The minimum absolute atomic E-state index is 0.00220. The molecule has 3 aromatic rings. The summed E-state index contributed by atoms with van der Waals surface area (Å²) in [6, 6.07) is 4.00. The maximum atomic E-state index is 12.6. The first-order valence-electron chi connectivity index (χ1n) is 9.66. The molecule has 32 heavy (non-hydrogen) atoms. The molecular formula is C20H23N3O8S. The third kappa shape index (κ3) is 4.60. The maximum Gasteiger partial charge on any atom is 0.274 e. The number of rotatable bonds is 8. The number of aromatic nitrogens is 2. The first-order valence-corrected chi connectivity index (χ1v) is 11.2. The van der Waals surface area contributed by atoms with E-state index >= 15 is 0 Å². The lowest BCUT2D eigenvalue weighted by Gasteiger charge is -2.11. The molecule has 0 aliphatic heterocycles. The molecule has 0 fully saturated rings. The standard InChI is InChI=1S/C20H23N3O8S/c1-5-21-20(26)18-17(16-6-11(22-30-16)9-32(27,28)29-4)19(31-23-18)13-7-12(10(2)3)14(24)8-15(13)25/h6-8,10,24-25H,5,9H2,1-4H3,(H,21,26). The van der Waals surface area contributed by atoms with E-state index in [2.05, 4.69) is 19.8 Å². The Bertz CT molecular complexity index is 1240. The van der Waals surface area contributed by atoms with Crippen LogP contribution in [0.2, 0.25) is 0 Å². The molecule has 0 unspecified atom stereocenters. The zero-order valence-corrected chi connectivity index (χ0v) is 18.7. The van der Waals surface area contributed by atoms with E-state index < -0.39 is 21.8 Å². The number of aromatic hydroxyl groups is 2. The minimum Gasteiger partial charge on any atom is -0.508 e. The number of benzene rings is 1. The third-order valence-corrected chi connectivity index (χ3v) is 5.80. The number of nitrogens with zero attached hydrogens (tertiary/aromatic N) is 2. The quantitative estimate of drug-likeness (QED) is 0.421. The second-order valence-electron chi connectivity index (χ2n) is 7.23. The smallest absolute Gasteiger partial charge is 0.274 e. The maximum absolute atomic E-state index is 12.6. The molecule has 1 amide bonds. The summed E-state index contributed by atoms with van der Waals surface area (Å²) >= 11 is 0. The van der Waals surface area contributed by atoms with Gasteiger partial charge in [0.2, 0.25) is 0 Å². The average molecular weight is 465 g/mol. The van der Waals surface area contributed by atoms with Crippen LogP contribution >= 0.6 is 0 Å². The van der Waals surface area contributed by atoms with Crippen molar-refractivity contribution in [2.24, 2.45) is 0 Å². The Labute approximate surface area is 184 Å². The van der Waals surface area contributed by atoms with Crippen LogP contribution in [0.4, 0.5) is 0 Å². The van der Waals surface area contributed by atoms with Gasteiger partial charge in [0.25, 0.3) is 16.0 Å². The molecule has 2 aromatic heterocycles. The summed E-state index contributed by atoms with van der Waals surface area (Å²) in [5.74, 6) is -1.62. The highest BCUT2D eigenvalue weighted by molar-refractivity contribution is 7.85. The molecule has 3 N–H and O–H groups in total. The minimum atomic E-state index is -3.86. The molecule has 0 spiro atoms. The van der Waals surface area contributed by atoms with Crippen molar-refractivity contribution < 1.29 is 36.7 Å². The molecule has 0 aliphatic carbocycles. The number of carbonyl (C=O) groups is 1. The fourth-order valence-electron chi connectivity index (χ4n) is 3.08. The van der Waals surface area contributed by atoms with Crippen LogP contribution < -0.4 is 5.32 Å². The Morgan fingerprint density at radius 3 is 2.50 bits per heavy atom. The van der Waals surface area contributed by atoms with Gasteiger partial charge in [-0.25, -0.2) is 0 Å². The molecule has 0 atom stereocenters. The van der Waals surface area contributed by atoms with Crippen molar-refractivity contribution in [1.29, 1.82) is 0 Å². The number of hydrogen-bond donors (Lipinski definition) is 3. The second-order valence-corrected chi connectivity index (χ2v) is 8.97. The first kappa shape index (κ1) is 23.3. The molecule has 2 heterocycles. The normalized spacial score (nSPS) is 11.8. The summed E-state index contributed by atoms with van der Waals surface area (Å²) < 4.78 is 38.6. The van der Waals surface area contributed by atoms with Crippen LogP contribution in [0.15, 0.2) is 27.2 Å². The van der Waals surface area contributed by atoms with Gasteiger partial charge >= 0.3 is 0 Å². The van der Waals surface area contributed by atoms with Crippen LogP contribution in [-0.2, 0) is 20.1 Å². The van der Waals surface area contributed by atoms with Gasteiger partial charge in [-0.05, 0) is 24.5 Å². The number of nitrogens with one attached hydrogen (secondary N) is 1. The largest absolute Gasteiger partial charge is 0.508 e. The Kier molecular flexibility index (Phi) is 6.55. The molecule has 12 heteroatoms. The SMILES string of the molecule is CCNC(=O)c1noc(-c2cc(C(C)C)c(O)cc2O)c1-c1cc(CS(=O)(=O)OC)no1. The molecule has 172 valence electrons. The van der Waals surface area contributed by atoms with Crippen molar-refractivity contribution in [3.8, 4) is 34.1 Å². The van der Waals surface area contributed by atoms with E-state index in [1.807, 2.05) is 13.8 Å². The second kappa shape index (κ2) is 9.01. The highest BCUT2D eigenvalue weighted by Gasteiger charge is 2.30. The van der Waals surface area contributed by atoms with Gasteiger partial charge in [0.1, 0.15) is 28.5 Å². The van der Waals surface area contributed by atoms with Crippen LogP contribution in [-0.4, -0.2) is 48.5 Å². The highest BCUT2D eigenvalue weighted by atomic mass is 32.2. The van der Waals surface area contributed by atoms with Gasteiger partial charge in [0.15, 0.2) is 17.2 Å². The predicted octanol–water partition coefficient (Wildman–Crippen LogP) is 2.76. The summed E-state index contributed by atoms with van der Waals surface area (Å²) in [6.45, 7) is 5.75. The fraction of sp³-hybridized carbons (Fsp3) is 0.350. The summed E-state index contributed by atoms with van der Waals surface area (Å²) in [5, 5.41) is 30.8. The lowest BCUT2D eigenvalue weighted by molar-refractivity contribution is 0.0947. The molecular weight excluding hydrogens is 442 g/mol. The highest BCUT2D eigenvalue weighted by Crippen LogP contribution is 2.43. The van der Waals surface area contributed by atoms with Gasteiger partial charge < -0.3 is 24.6 Å².